The Kier molecular flexibility index (Phi) is 8.17. The molecule has 1 saturated carbocycles. The van der Waals surface area contributed by atoms with E-state index in [-0.39, 0.29) is 17.9 Å². The average molecular weight is 512 g/mol. The fourth-order valence-corrected chi connectivity index (χ4v) is 5.84. The lowest BCUT2D eigenvalue weighted by molar-refractivity contribution is -0.150. The summed E-state index contributed by atoms with van der Waals surface area (Å²) < 4.78 is 27.3. The molecule has 0 radical (unpaired) electrons. The van der Waals surface area contributed by atoms with Crippen molar-refractivity contribution in [1.29, 1.82) is 0 Å². The van der Waals surface area contributed by atoms with Crippen LogP contribution in [-0.4, -0.2) is 63.6 Å². The average Bonchev–Trinajstić information content (AvgIpc) is 2.93. The molecule has 2 fully saturated rings. The van der Waals surface area contributed by atoms with Crippen molar-refractivity contribution in [2.24, 2.45) is 5.92 Å². The zero-order chi connectivity index (χ0) is 26.6. The number of amides is 1. The Morgan fingerprint density at radius 1 is 0.892 bits per heavy atom. The van der Waals surface area contributed by atoms with Crippen molar-refractivity contribution in [2.75, 3.05) is 42.1 Å². The number of fused-ring (bicyclic) bond motifs is 1. The van der Waals surface area contributed by atoms with Crippen molar-refractivity contribution in [3.8, 4) is 28.7 Å². The van der Waals surface area contributed by atoms with Crippen LogP contribution in [0.4, 0.5) is 0 Å². The number of ether oxygens (including phenoxy) is 5. The van der Waals surface area contributed by atoms with E-state index in [0.717, 1.165) is 36.8 Å². The van der Waals surface area contributed by atoms with E-state index >= 15 is 0 Å². The summed E-state index contributed by atoms with van der Waals surface area (Å²) in [6.07, 6.45) is 7.52. The highest BCUT2D eigenvalue weighted by Gasteiger charge is 2.50. The summed E-state index contributed by atoms with van der Waals surface area (Å²) in [5.41, 5.74) is 0.890. The minimum absolute atomic E-state index is 0.0633. The predicted molar refractivity (Wildman–Crippen MR) is 141 cm³/mol. The van der Waals surface area contributed by atoms with Gasteiger partial charge in [-0.2, -0.15) is 0 Å². The second-order valence-electron chi connectivity index (χ2n) is 9.59. The molecule has 1 amide bonds. The normalized spacial score (nSPS) is 23.4. The van der Waals surface area contributed by atoms with Crippen LogP contribution in [0, 0.1) is 5.92 Å². The van der Waals surface area contributed by atoms with Crippen molar-refractivity contribution >= 4 is 12.0 Å². The van der Waals surface area contributed by atoms with E-state index in [2.05, 4.69) is 0 Å². The minimum atomic E-state index is -0.784. The summed E-state index contributed by atoms with van der Waals surface area (Å²) in [5.74, 6) is 2.57. The fourth-order valence-electron chi connectivity index (χ4n) is 5.84. The van der Waals surface area contributed by atoms with Crippen LogP contribution in [0.25, 0.3) is 6.08 Å². The number of nitrogens with zero attached hydrogens (tertiary/aromatic N) is 1. The summed E-state index contributed by atoms with van der Waals surface area (Å²) >= 11 is 0. The Morgan fingerprint density at radius 2 is 1.57 bits per heavy atom. The second-order valence-corrected chi connectivity index (χ2v) is 9.59. The molecule has 8 nitrogen and oxygen atoms in total. The zero-order valence-electron chi connectivity index (χ0n) is 22.3. The molecule has 3 atom stereocenters. The molecule has 0 spiro atoms. The third-order valence-corrected chi connectivity index (χ3v) is 7.71. The molecule has 8 heteroatoms. The second kappa shape index (κ2) is 11.3. The number of likely N-dealkylation sites (tertiary alicyclic amines) is 1. The maximum absolute atomic E-state index is 13.7. The lowest BCUT2D eigenvalue weighted by Gasteiger charge is -2.52. The molecule has 2 aromatic carbocycles. The van der Waals surface area contributed by atoms with E-state index in [0.29, 0.717) is 41.7 Å². The Balaban J connectivity index is 1.69. The van der Waals surface area contributed by atoms with Gasteiger partial charge in [-0.1, -0.05) is 18.9 Å². The van der Waals surface area contributed by atoms with Gasteiger partial charge in [-0.3, -0.25) is 4.79 Å². The third-order valence-electron chi connectivity index (χ3n) is 7.71. The Labute approximate surface area is 218 Å². The first-order valence-corrected chi connectivity index (χ1v) is 12.6. The van der Waals surface area contributed by atoms with Crippen LogP contribution in [0.15, 0.2) is 36.4 Å². The summed E-state index contributed by atoms with van der Waals surface area (Å²) in [5, 5.41) is 11.6. The fraction of sp³-hybridized carbons (Fsp3) is 0.483. The van der Waals surface area contributed by atoms with Gasteiger partial charge < -0.3 is 33.7 Å². The lowest BCUT2D eigenvalue weighted by Crippen LogP contribution is -2.56. The largest absolute Gasteiger partial charge is 0.493 e. The molecule has 200 valence electrons. The van der Waals surface area contributed by atoms with Gasteiger partial charge in [0.25, 0.3) is 0 Å². The van der Waals surface area contributed by atoms with Gasteiger partial charge in [-0.05, 0) is 60.7 Å². The van der Waals surface area contributed by atoms with Crippen LogP contribution in [0.1, 0.15) is 49.3 Å². The number of aliphatic hydroxyl groups is 1. The molecule has 0 bridgehead atoms. The first-order valence-electron chi connectivity index (χ1n) is 12.6. The van der Waals surface area contributed by atoms with Crippen molar-refractivity contribution in [3.63, 3.8) is 0 Å². The van der Waals surface area contributed by atoms with Crippen LogP contribution in [-0.2, 0) is 4.79 Å². The highest BCUT2D eigenvalue weighted by Crippen LogP contribution is 2.50. The molecule has 1 aliphatic heterocycles. The zero-order valence-corrected chi connectivity index (χ0v) is 22.3. The van der Waals surface area contributed by atoms with Crippen molar-refractivity contribution in [3.05, 3.63) is 47.5 Å². The van der Waals surface area contributed by atoms with E-state index in [1.807, 2.05) is 23.1 Å². The minimum Gasteiger partial charge on any atom is -0.493 e. The van der Waals surface area contributed by atoms with Gasteiger partial charge in [0.15, 0.2) is 23.0 Å². The molecule has 0 aromatic heterocycles. The molecule has 1 N–H and O–H groups in total. The van der Waals surface area contributed by atoms with E-state index in [4.69, 9.17) is 23.7 Å². The van der Waals surface area contributed by atoms with Crippen LogP contribution < -0.4 is 23.7 Å². The van der Waals surface area contributed by atoms with E-state index in [1.165, 1.54) is 0 Å². The number of piperidine rings is 1. The predicted octanol–water partition coefficient (Wildman–Crippen LogP) is 4.64. The number of hydrogen-bond donors (Lipinski definition) is 1. The summed E-state index contributed by atoms with van der Waals surface area (Å²) in [6, 6.07) is 9.07. The SMILES string of the molecule is COc1ccc(C2C3CCCCC3(O)CCN2C(=O)C=Cc2cc(OC)c(OC)c(OC)c2)cc1OC. The highest BCUT2D eigenvalue weighted by atomic mass is 16.5. The molecule has 2 aliphatic rings. The van der Waals surface area contributed by atoms with Crippen LogP contribution in [0.2, 0.25) is 0 Å². The molecule has 1 aliphatic carbocycles. The van der Waals surface area contributed by atoms with Gasteiger partial charge in [0.2, 0.25) is 11.7 Å². The Bertz CT molecular complexity index is 1120. The Morgan fingerprint density at radius 3 is 2.19 bits per heavy atom. The maximum Gasteiger partial charge on any atom is 0.247 e. The molecular weight excluding hydrogens is 474 g/mol. The van der Waals surface area contributed by atoms with Gasteiger partial charge in [0, 0.05) is 18.5 Å². The molecule has 2 aromatic rings. The highest BCUT2D eigenvalue weighted by molar-refractivity contribution is 5.92. The van der Waals surface area contributed by atoms with E-state index in [1.54, 1.807) is 59.8 Å². The first kappa shape index (κ1) is 26.7. The number of carbonyl (C=O) groups is 1. The molecule has 1 saturated heterocycles. The lowest BCUT2D eigenvalue weighted by atomic mass is 9.66. The number of rotatable bonds is 8. The van der Waals surface area contributed by atoms with Gasteiger partial charge in [-0.25, -0.2) is 0 Å². The van der Waals surface area contributed by atoms with Gasteiger partial charge >= 0.3 is 0 Å². The molecule has 37 heavy (non-hydrogen) atoms. The monoisotopic (exact) mass is 511 g/mol. The van der Waals surface area contributed by atoms with Crippen molar-refractivity contribution in [2.45, 2.75) is 43.7 Å². The van der Waals surface area contributed by atoms with Gasteiger partial charge in [-0.15, -0.1) is 0 Å². The summed E-state index contributed by atoms with van der Waals surface area (Å²) in [4.78, 5) is 15.5. The molecule has 3 unspecified atom stereocenters. The topological polar surface area (TPSA) is 86.7 Å². The van der Waals surface area contributed by atoms with Crippen LogP contribution in [0.3, 0.4) is 0 Å². The quantitative estimate of drug-likeness (QED) is 0.517. The van der Waals surface area contributed by atoms with E-state index in [9.17, 15) is 9.90 Å². The number of methoxy groups -OCH3 is 5. The van der Waals surface area contributed by atoms with Crippen molar-refractivity contribution < 1.29 is 33.6 Å². The smallest absolute Gasteiger partial charge is 0.247 e. The van der Waals surface area contributed by atoms with Crippen LogP contribution in [0.5, 0.6) is 28.7 Å². The van der Waals surface area contributed by atoms with Crippen LogP contribution >= 0.6 is 0 Å². The Hall–Kier alpha value is -3.39. The van der Waals surface area contributed by atoms with E-state index < -0.39 is 5.60 Å². The van der Waals surface area contributed by atoms with Gasteiger partial charge in [0.1, 0.15) is 0 Å². The molecule has 1 heterocycles. The molecule has 4 rings (SSSR count). The number of carbonyl (C=O) groups excluding carboxylic acids is 1. The maximum atomic E-state index is 13.7. The third kappa shape index (κ3) is 5.21. The van der Waals surface area contributed by atoms with Gasteiger partial charge in [0.05, 0.1) is 47.2 Å². The summed E-state index contributed by atoms with van der Waals surface area (Å²) in [6.45, 7) is 0.463. The standard InChI is InChI=1S/C29H37NO7/c1-33-22-11-10-20(18-23(22)34-2)27-21-8-6-7-13-29(21,32)14-15-30(27)26(31)12-9-19-16-24(35-3)28(37-5)25(17-19)36-4/h9-12,16-18,21,27,32H,6-8,13-15H2,1-5H3. The summed E-state index contributed by atoms with van der Waals surface area (Å²) in [7, 11) is 7.87. The first-order chi connectivity index (χ1) is 17.9. The van der Waals surface area contributed by atoms with Crippen molar-refractivity contribution in [1.82, 2.24) is 4.90 Å². The number of hydrogen-bond acceptors (Lipinski definition) is 7. The molecular formula is C29H37NO7. The number of benzene rings is 2.